The lowest BCUT2D eigenvalue weighted by molar-refractivity contribution is -0.128. The number of hydrogen-bond acceptors (Lipinski definition) is 5. The predicted molar refractivity (Wildman–Crippen MR) is 115 cm³/mol. The summed E-state index contributed by atoms with van der Waals surface area (Å²) in [6, 6.07) is 9.79. The Morgan fingerprint density at radius 3 is 2.87 bits per heavy atom. The zero-order valence-corrected chi connectivity index (χ0v) is 17.1. The van der Waals surface area contributed by atoms with E-state index < -0.39 is 6.10 Å². The van der Waals surface area contributed by atoms with Crippen molar-refractivity contribution < 1.29 is 9.90 Å². The van der Waals surface area contributed by atoms with Gasteiger partial charge in [-0.25, -0.2) is 9.97 Å². The number of aromatic amines is 1. The number of piperidine rings is 1. The smallest absolute Gasteiger partial charge is 0.223 e. The van der Waals surface area contributed by atoms with E-state index in [0.717, 1.165) is 60.3 Å². The summed E-state index contributed by atoms with van der Waals surface area (Å²) >= 11 is 0. The lowest BCUT2D eigenvalue weighted by atomic mass is 9.81. The van der Waals surface area contributed by atoms with Gasteiger partial charge in [-0.05, 0) is 43.2 Å². The van der Waals surface area contributed by atoms with Gasteiger partial charge in [0.15, 0.2) is 0 Å². The number of nitrogens with zero attached hydrogens (tertiary/aromatic N) is 3. The van der Waals surface area contributed by atoms with Crippen molar-refractivity contribution in [2.24, 2.45) is 11.3 Å². The molecule has 30 heavy (non-hydrogen) atoms. The number of anilines is 1. The molecule has 3 heterocycles. The minimum absolute atomic E-state index is 0.0116. The molecule has 3 N–H and O–H groups in total. The molecule has 3 aromatic rings. The molecule has 2 aliphatic rings. The van der Waals surface area contributed by atoms with Crippen molar-refractivity contribution in [1.82, 2.24) is 20.3 Å². The molecule has 2 atom stereocenters. The topological polar surface area (TPSA) is 94.1 Å². The largest absolute Gasteiger partial charge is 0.387 e. The van der Waals surface area contributed by atoms with Crippen molar-refractivity contribution in [3.8, 4) is 0 Å². The van der Waals surface area contributed by atoms with Crippen molar-refractivity contribution in [3.63, 3.8) is 0 Å². The summed E-state index contributed by atoms with van der Waals surface area (Å²) < 4.78 is 0. The van der Waals surface area contributed by atoms with E-state index in [0.29, 0.717) is 0 Å². The Balaban J connectivity index is 1.24. The number of hydrogen-bond donors (Lipinski definition) is 3. The number of aryl methyl sites for hydroxylation is 1. The van der Waals surface area contributed by atoms with E-state index >= 15 is 0 Å². The first-order valence-corrected chi connectivity index (χ1v) is 10.6. The van der Waals surface area contributed by atoms with Gasteiger partial charge in [0, 0.05) is 31.7 Å². The number of rotatable bonds is 5. The molecule has 0 bridgehead atoms. The SMILES string of the molecule is Cc1ccc([C@H](O)CNC(=O)[C@H]2CCN(c3ncnc4[nH]ccc34)CC23CC3)cc1. The number of fused-ring (bicyclic) bond motifs is 1. The standard InChI is InChI=1S/C23H27N5O2/c1-15-2-4-16(5-3-15)19(29)12-25-22(30)18-7-11-28(13-23(18)8-9-23)21-17-6-10-24-20(17)26-14-27-21/h2-6,10,14,18-19,29H,7-9,11-13H2,1H3,(H,25,30)(H,24,26,27)/t18-,19-/m1/s1. The van der Waals surface area contributed by atoms with Gasteiger partial charge in [-0.15, -0.1) is 0 Å². The third kappa shape index (κ3) is 3.43. The summed E-state index contributed by atoms with van der Waals surface area (Å²) in [5, 5.41) is 14.5. The van der Waals surface area contributed by atoms with Crippen LogP contribution in [0.25, 0.3) is 11.0 Å². The molecule has 2 aromatic heterocycles. The van der Waals surface area contributed by atoms with Gasteiger partial charge in [-0.3, -0.25) is 4.79 Å². The quantitative estimate of drug-likeness (QED) is 0.607. The normalized spacial score (nSPS) is 21.0. The van der Waals surface area contributed by atoms with E-state index in [4.69, 9.17) is 0 Å². The monoisotopic (exact) mass is 405 g/mol. The second kappa shape index (κ2) is 7.40. The van der Waals surface area contributed by atoms with E-state index in [1.807, 2.05) is 43.5 Å². The fraction of sp³-hybridized carbons (Fsp3) is 0.435. The van der Waals surface area contributed by atoms with Gasteiger partial charge < -0.3 is 20.3 Å². The first kappa shape index (κ1) is 19.1. The van der Waals surface area contributed by atoms with Gasteiger partial charge in [0.05, 0.1) is 11.5 Å². The fourth-order valence-electron chi connectivity index (χ4n) is 4.76. The van der Waals surface area contributed by atoms with E-state index in [1.165, 1.54) is 0 Å². The van der Waals surface area contributed by atoms with Gasteiger partial charge in [-0.1, -0.05) is 29.8 Å². The van der Waals surface area contributed by atoms with Gasteiger partial charge >= 0.3 is 0 Å². The summed E-state index contributed by atoms with van der Waals surface area (Å²) in [5.74, 6) is 0.997. The number of nitrogens with one attached hydrogen (secondary N) is 2. The second-order valence-corrected chi connectivity index (χ2v) is 8.73. The third-order valence-electron chi connectivity index (χ3n) is 6.71. The number of amides is 1. The number of benzene rings is 1. The molecule has 0 unspecified atom stereocenters. The van der Waals surface area contributed by atoms with Crippen LogP contribution < -0.4 is 10.2 Å². The molecule has 156 valence electrons. The minimum Gasteiger partial charge on any atom is -0.387 e. The van der Waals surface area contributed by atoms with Gasteiger partial charge in [-0.2, -0.15) is 0 Å². The van der Waals surface area contributed by atoms with Crippen molar-refractivity contribution in [3.05, 3.63) is 54.0 Å². The molecule has 7 heteroatoms. The van der Waals surface area contributed by atoms with Crippen LogP contribution in [-0.2, 0) is 4.79 Å². The molecule has 1 aromatic carbocycles. The molecule has 1 aliphatic heterocycles. The first-order chi connectivity index (χ1) is 14.6. The Morgan fingerprint density at radius 2 is 2.10 bits per heavy atom. The highest BCUT2D eigenvalue weighted by Gasteiger charge is 2.55. The van der Waals surface area contributed by atoms with Crippen LogP contribution in [0, 0.1) is 18.3 Å². The summed E-state index contributed by atoms with van der Waals surface area (Å²) in [6.45, 7) is 3.89. The molecule has 1 saturated heterocycles. The Labute approximate surface area is 175 Å². The zero-order valence-electron chi connectivity index (χ0n) is 17.1. The van der Waals surface area contributed by atoms with Crippen LogP contribution in [0.4, 0.5) is 5.82 Å². The molecule has 7 nitrogen and oxygen atoms in total. The van der Waals surface area contributed by atoms with Crippen LogP contribution in [0.1, 0.15) is 36.5 Å². The van der Waals surface area contributed by atoms with E-state index in [9.17, 15) is 9.90 Å². The molecule has 1 aliphatic carbocycles. The van der Waals surface area contributed by atoms with Crippen LogP contribution in [0.5, 0.6) is 0 Å². The van der Waals surface area contributed by atoms with Crippen LogP contribution >= 0.6 is 0 Å². The van der Waals surface area contributed by atoms with Gasteiger partial charge in [0.2, 0.25) is 5.91 Å². The van der Waals surface area contributed by atoms with Crippen molar-refractivity contribution >= 4 is 22.8 Å². The number of aliphatic hydroxyl groups is 1. The summed E-state index contributed by atoms with van der Waals surface area (Å²) in [4.78, 5) is 27.2. The Morgan fingerprint density at radius 1 is 1.30 bits per heavy atom. The maximum atomic E-state index is 13.0. The van der Waals surface area contributed by atoms with Gasteiger partial charge in [0.1, 0.15) is 17.8 Å². The first-order valence-electron chi connectivity index (χ1n) is 10.6. The number of aromatic nitrogens is 3. The van der Waals surface area contributed by atoms with Crippen molar-refractivity contribution in [1.29, 1.82) is 0 Å². The molecule has 1 amide bonds. The summed E-state index contributed by atoms with van der Waals surface area (Å²) in [5.41, 5.74) is 2.84. The van der Waals surface area contributed by atoms with Crippen LogP contribution in [0.2, 0.25) is 0 Å². The van der Waals surface area contributed by atoms with Crippen LogP contribution in [0.3, 0.4) is 0 Å². The molecule has 2 fully saturated rings. The second-order valence-electron chi connectivity index (χ2n) is 8.73. The highest BCUT2D eigenvalue weighted by molar-refractivity contribution is 5.87. The van der Waals surface area contributed by atoms with Crippen molar-refractivity contribution in [2.75, 3.05) is 24.5 Å². The highest BCUT2D eigenvalue weighted by atomic mass is 16.3. The van der Waals surface area contributed by atoms with Crippen LogP contribution in [0.15, 0.2) is 42.9 Å². The number of carbonyl (C=O) groups is 1. The third-order valence-corrected chi connectivity index (χ3v) is 6.71. The average molecular weight is 406 g/mol. The predicted octanol–water partition coefficient (Wildman–Crippen LogP) is 2.72. The number of H-pyrrole nitrogens is 1. The summed E-state index contributed by atoms with van der Waals surface area (Å²) in [7, 11) is 0. The van der Waals surface area contributed by atoms with E-state index in [-0.39, 0.29) is 23.8 Å². The summed E-state index contributed by atoms with van der Waals surface area (Å²) in [6.07, 6.45) is 5.71. The molecular formula is C23H27N5O2. The lowest BCUT2D eigenvalue weighted by Crippen LogP contribution is -2.48. The minimum atomic E-state index is -0.687. The Kier molecular flexibility index (Phi) is 4.70. The maximum Gasteiger partial charge on any atom is 0.223 e. The lowest BCUT2D eigenvalue weighted by Gasteiger charge is -2.39. The fourth-order valence-corrected chi connectivity index (χ4v) is 4.76. The van der Waals surface area contributed by atoms with E-state index in [1.54, 1.807) is 6.33 Å². The van der Waals surface area contributed by atoms with Gasteiger partial charge in [0.25, 0.3) is 0 Å². The molecule has 1 saturated carbocycles. The zero-order chi connectivity index (χ0) is 20.7. The number of aliphatic hydroxyl groups excluding tert-OH is 1. The Bertz CT molecular complexity index is 1060. The Hall–Kier alpha value is -2.93. The van der Waals surface area contributed by atoms with Crippen molar-refractivity contribution in [2.45, 2.75) is 32.3 Å². The van der Waals surface area contributed by atoms with Crippen LogP contribution in [-0.4, -0.2) is 45.6 Å². The molecule has 0 radical (unpaired) electrons. The average Bonchev–Trinajstić information content (AvgIpc) is 3.33. The highest BCUT2D eigenvalue weighted by Crippen LogP contribution is 2.56. The molecular weight excluding hydrogens is 378 g/mol. The molecule has 5 rings (SSSR count). The van der Waals surface area contributed by atoms with E-state index in [2.05, 4.69) is 25.2 Å². The maximum absolute atomic E-state index is 13.0. The molecule has 1 spiro atoms. The number of carbonyl (C=O) groups excluding carboxylic acids is 1.